The molecule has 0 unspecified atom stereocenters. The highest BCUT2D eigenvalue weighted by molar-refractivity contribution is 5.86. The third kappa shape index (κ3) is 5.88. The average molecular weight is 375 g/mol. The van der Waals surface area contributed by atoms with Crippen LogP contribution in [-0.2, 0) is 4.79 Å². The number of carboxylic acids is 1. The van der Waals surface area contributed by atoms with E-state index in [1.807, 2.05) is 12.1 Å². The van der Waals surface area contributed by atoms with E-state index in [-0.39, 0.29) is 23.7 Å². The number of hydrogen-bond donors (Lipinski definition) is 2. The summed E-state index contributed by atoms with van der Waals surface area (Å²) in [5, 5.41) is 21.0. The van der Waals surface area contributed by atoms with Crippen LogP contribution in [0.4, 0.5) is 14.5 Å². The molecular formula is C20H23F2N3O2. The van der Waals surface area contributed by atoms with Crippen LogP contribution in [0.2, 0.25) is 0 Å². The minimum absolute atomic E-state index is 0.0148. The average Bonchev–Trinajstić information content (AvgIpc) is 2.63. The van der Waals surface area contributed by atoms with E-state index in [2.05, 4.69) is 16.9 Å². The largest absolute Gasteiger partial charge is 0.478 e. The summed E-state index contributed by atoms with van der Waals surface area (Å²) in [7, 11) is 0. The van der Waals surface area contributed by atoms with Crippen LogP contribution in [0.3, 0.4) is 0 Å². The van der Waals surface area contributed by atoms with Gasteiger partial charge in [-0.05, 0) is 44.6 Å². The van der Waals surface area contributed by atoms with Crippen molar-refractivity contribution in [2.45, 2.75) is 38.5 Å². The lowest BCUT2D eigenvalue weighted by molar-refractivity contribution is -0.132. The third-order valence-corrected chi connectivity index (χ3v) is 4.87. The molecule has 0 bridgehead atoms. The molecule has 0 spiro atoms. The number of aromatic nitrogens is 1. The number of allylic oxidation sites excluding steroid dienone is 1. The Morgan fingerprint density at radius 3 is 2.70 bits per heavy atom. The van der Waals surface area contributed by atoms with Gasteiger partial charge in [0.2, 0.25) is 5.92 Å². The van der Waals surface area contributed by atoms with E-state index in [0.29, 0.717) is 36.9 Å². The zero-order chi connectivity index (χ0) is 20.0. The molecule has 0 aliphatic heterocycles. The maximum atomic E-state index is 13.4. The van der Waals surface area contributed by atoms with Gasteiger partial charge in [0, 0.05) is 23.6 Å². The quantitative estimate of drug-likeness (QED) is 0.686. The van der Waals surface area contributed by atoms with Crippen molar-refractivity contribution in [1.82, 2.24) is 4.98 Å². The number of nitriles is 1. The van der Waals surface area contributed by atoms with Gasteiger partial charge in [0.15, 0.2) is 0 Å². The number of alkyl halides is 2. The highest BCUT2D eigenvalue weighted by Gasteiger charge is 2.36. The van der Waals surface area contributed by atoms with E-state index in [1.165, 1.54) is 6.20 Å². The molecule has 5 nitrogen and oxygen atoms in total. The van der Waals surface area contributed by atoms with Gasteiger partial charge in [-0.2, -0.15) is 5.26 Å². The normalized spacial score (nSPS) is 20.2. The number of nitrogens with one attached hydrogen (secondary N) is 1. The molecule has 0 radical (unpaired) electrons. The van der Waals surface area contributed by atoms with Crippen LogP contribution in [0.25, 0.3) is 6.08 Å². The zero-order valence-corrected chi connectivity index (χ0v) is 15.2. The van der Waals surface area contributed by atoms with E-state index >= 15 is 0 Å². The van der Waals surface area contributed by atoms with Crippen molar-refractivity contribution >= 4 is 17.7 Å². The number of hydrogen-bond acceptors (Lipinski definition) is 4. The zero-order valence-electron chi connectivity index (χ0n) is 15.2. The Morgan fingerprint density at radius 2 is 2.15 bits per heavy atom. The van der Waals surface area contributed by atoms with Gasteiger partial charge in [0.05, 0.1) is 11.9 Å². The van der Waals surface area contributed by atoms with E-state index in [9.17, 15) is 18.8 Å². The van der Waals surface area contributed by atoms with Gasteiger partial charge in [-0.1, -0.05) is 18.7 Å². The lowest BCUT2D eigenvalue weighted by Crippen LogP contribution is -2.28. The highest BCUT2D eigenvalue weighted by Crippen LogP contribution is 2.38. The molecule has 2 N–H and O–H groups in total. The fourth-order valence-corrected chi connectivity index (χ4v) is 3.14. The molecule has 1 saturated carbocycles. The summed E-state index contributed by atoms with van der Waals surface area (Å²) in [6, 6.07) is 3.73. The van der Waals surface area contributed by atoms with Crippen LogP contribution in [0.15, 0.2) is 30.5 Å². The highest BCUT2D eigenvalue weighted by atomic mass is 19.3. The van der Waals surface area contributed by atoms with Gasteiger partial charge < -0.3 is 10.4 Å². The van der Waals surface area contributed by atoms with E-state index in [4.69, 9.17) is 5.11 Å². The number of halogens is 2. The summed E-state index contributed by atoms with van der Waals surface area (Å²) < 4.78 is 26.8. The van der Waals surface area contributed by atoms with Crippen LogP contribution >= 0.6 is 0 Å². The molecule has 1 aromatic rings. The van der Waals surface area contributed by atoms with Gasteiger partial charge in [0.25, 0.3) is 0 Å². The van der Waals surface area contributed by atoms with Crippen molar-refractivity contribution < 1.29 is 18.7 Å². The number of carbonyl (C=O) groups is 1. The minimum Gasteiger partial charge on any atom is -0.478 e. The summed E-state index contributed by atoms with van der Waals surface area (Å²) in [4.78, 5) is 14.9. The molecule has 0 amide bonds. The molecule has 1 aliphatic carbocycles. The van der Waals surface area contributed by atoms with Gasteiger partial charge in [-0.3, -0.25) is 0 Å². The number of pyridine rings is 1. The second kappa shape index (κ2) is 8.76. The second-order valence-corrected chi connectivity index (χ2v) is 6.96. The Bertz CT molecular complexity index is 770. The lowest BCUT2D eigenvalue weighted by Gasteiger charge is -2.30. The van der Waals surface area contributed by atoms with Gasteiger partial charge in [-0.25, -0.2) is 18.6 Å². The first-order valence-electron chi connectivity index (χ1n) is 8.81. The fourth-order valence-electron chi connectivity index (χ4n) is 3.14. The molecule has 1 fully saturated rings. The SMILES string of the molecule is C=C(CNc1cnc(C#N)c(/C=C/[C@H]2CC[C@H](C(C)(F)F)CC2)c1)C(=O)O. The van der Waals surface area contributed by atoms with Crippen molar-refractivity contribution in [3.8, 4) is 6.07 Å². The molecule has 0 saturated heterocycles. The molecule has 1 aliphatic rings. The van der Waals surface area contributed by atoms with Crippen molar-refractivity contribution in [3.63, 3.8) is 0 Å². The molecule has 144 valence electrons. The number of carboxylic acid groups (broad SMARTS) is 1. The van der Waals surface area contributed by atoms with E-state index in [1.54, 1.807) is 12.1 Å². The van der Waals surface area contributed by atoms with Crippen molar-refractivity contribution in [3.05, 3.63) is 41.7 Å². The maximum absolute atomic E-state index is 13.4. The second-order valence-electron chi connectivity index (χ2n) is 6.96. The van der Waals surface area contributed by atoms with Crippen LogP contribution < -0.4 is 5.32 Å². The standard InChI is InChI=1S/C20H23F2N3O2/c1-13(19(26)27)11-24-17-9-15(18(10-23)25-12-17)6-3-14-4-7-16(8-5-14)20(2,21)22/h3,6,9,12,14,16,24H,1,4-5,7-8,11H2,2H3,(H,26,27)/b6-3+/t14-,16-. The van der Waals surface area contributed by atoms with Gasteiger partial charge >= 0.3 is 5.97 Å². The third-order valence-electron chi connectivity index (χ3n) is 4.87. The van der Waals surface area contributed by atoms with Crippen molar-refractivity contribution in [1.29, 1.82) is 5.26 Å². The minimum atomic E-state index is -2.63. The predicted molar refractivity (Wildman–Crippen MR) is 99.3 cm³/mol. The van der Waals surface area contributed by atoms with Crippen molar-refractivity contribution in [2.24, 2.45) is 11.8 Å². The number of anilines is 1. The predicted octanol–water partition coefficient (Wildman–Crippen LogP) is 4.48. The number of aliphatic carboxylic acids is 1. The Hall–Kier alpha value is -2.75. The lowest BCUT2D eigenvalue weighted by atomic mass is 9.79. The fraction of sp³-hybridized carbons (Fsp3) is 0.450. The van der Waals surface area contributed by atoms with E-state index < -0.39 is 17.8 Å². The molecule has 27 heavy (non-hydrogen) atoms. The molecular weight excluding hydrogens is 352 g/mol. The molecule has 2 rings (SSSR count). The van der Waals surface area contributed by atoms with Crippen LogP contribution in [0, 0.1) is 23.2 Å². The van der Waals surface area contributed by atoms with Crippen LogP contribution in [0.5, 0.6) is 0 Å². The van der Waals surface area contributed by atoms with E-state index in [0.717, 1.165) is 6.92 Å². The summed E-state index contributed by atoms with van der Waals surface area (Å²) in [5.74, 6) is -4.09. The first-order valence-corrected chi connectivity index (χ1v) is 8.81. The molecule has 1 aromatic heterocycles. The summed E-state index contributed by atoms with van der Waals surface area (Å²) >= 11 is 0. The summed E-state index contributed by atoms with van der Waals surface area (Å²) in [6.45, 7) is 4.48. The summed E-state index contributed by atoms with van der Waals surface area (Å²) in [6.07, 6.45) is 7.55. The molecule has 0 aromatic carbocycles. The number of nitrogens with zero attached hydrogens (tertiary/aromatic N) is 2. The van der Waals surface area contributed by atoms with Crippen molar-refractivity contribution in [2.75, 3.05) is 11.9 Å². The molecule has 7 heteroatoms. The van der Waals surface area contributed by atoms with Crippen LogP contribution in [-0.4, -0.2) is 28.5 Å². The first kappa shape index (κ1) is 20.6. The topological polar surface area (TPSA) is 86.0 Å². The Kier molecular flexibility index (Phi) is 6.67. The maximum Gasteiger partial charge on any atom is 0.332 e. The number of rotatable bonds is 7. The van der Waals surface area contributed by atoms with Gasteiger partial charge in [0.1, 0.15) is 11.8 Å². The Morgan fingerprint density at radius 1 is 1.48 bits per heavy atom. The first-order chi connectivity index (χ1) is 12.7. The van der Waals surface area contributed by atoms with Gasteiger partial charge in [-0.15, -0.1) is 0 Å². The molecule has 1 heterocycles. The Balaban J connectivity index is 2.03. The molecule has 0 atom stereocenters. The van der Waals surface area contributed by atoms with Crippen LogP contribution in [0.1, 0.15) is 43.9 Å². The monoisotopic (exact) mass is 375 g/mol. The Labute approximate surface area is 157 Å². The smallest absolute Gasteiger partial charge is 0.332 e. The summed E-state index contributed by atoms with van der Waals surface area (Å²) in [5.41, 5.74) is 1.44.